The van der Waals surface area contributed by atoms with Gasteiger partial charge < -0.3 is 24.5 Å². The van der Waals surface area contributed by atoms with E-state index in [1.807, 2.05) is 77.1 Å². The zero-order chi connectivity index (χ0) is 27.1. The van der Waals surface area contributed by atoms with E-state index >= 15 is 0 Å². The molecule has 7 heteroatoms. The highest BCUT2D eigenvalue weighted by molar-refractivity contribution is 6.56. The van der Waals surface area contributed by atoms with Crippen LogP contribution in [0.5, 0.6) is 5.75 Å². The van der Waals surface area contributed by atoms with Crippen molar-refractivity contribution in [3.8, 4) is 16.9 Å². The normalized spacial score (nSPS) is 17.7. The van der Waals surface area contributed by atoms with Gasteiger partial charge in [0.2, 0.25) is 0 Å². The first-order chi connectivity index (χ1) is 18.1. The van der Waals surface area contributed by atoms with E-state index in [9.17, 15) is 9.90 Å². The summed E-state index contributed by atoms with van der Waals surface area (Å²) in [6, 6.07) is 22.0. The van der Waals surface area contributed by atoms with E-state index in [2.05, 4.69) is 29.6 Å². The third-order valence-corrected chi connectivity index (χ3v) is 7.92. The molecule has 2 aliphatic rings. The predicted molar refractivity (Wildman–Crippen MR) is 150 cm³/mol. The average Bonchev–Trinajstić information content (AvgIpc) is 3.31. The van der Waals surface area contributed by atoms with Crippen molar-refractivity contribution in [2.24, 2.45) is 0 Å². The van der Waals surface area contributed by atoms with Gasteiger partial charge in [-0.25, -0.2) is 4.79 Å². The molecule has 0 unspecified atom stereocenters. The summed E-state index contributed by atoms with van der Waals surface area (Å²) in [7, 11) is -0.655. The van der Waals surface area contributed by atoms with Crippen molar-refractivity contribution in [3.63, 3.8) is 0 Å². The molecule has 1 fully saturated rings. The van der Waals surface area contributed by atoms with Gasteiger partial charge in [-0.15, -0.1) is 0 Å². The zero-order valence-electron chi connectivity index (χ0n) is 22.6. The summed E-state index contributed by atoms with van der Waals surface area (Å²) in [5.41, 5.74) is 5.93. The monoisotopic (exact) mass is 511 g/mol. The van der Waals surface area contributed by atoms with Crippen LogP contribution in [0.4, 0.5) is 4.79 Å². The van der Waals surface area contributed by atoms with Gasteiger partial charge >= 0.3 is 13.2 Å². The number of alkyl carbamates (subject to hydrolysis) is 1. The van der Waals surface area contributed by atoms with Gasteiger partial charge in [0.15, 0.2) is 0 Å². The van der Waals surface area contributed by atoms with Crippen LogP contribution in [-0.2, 0) is 14.0 Å². The van der Waals surface area contributed by atoms with Crippen molar-refractivity contribution >= 4 is 19.3 Å². The number of benzene rings is 3. The predicted octanol–water partition coefficient (Wildman–Crippen LogP) is 6.25. The van der Waals surface area contributed by atoms with Gasteiger partial charge in [0.05, 0.1) is 11.2 Å². The van der Waals surface area contributed by atoms with E-state index in [-0.39, 0.29) is 24.8 Å². The summed E-state index contributed by atoms with van der Waals surface area (Å²) in [6.45, 7) is 10.2. The number of phenols is 1. The Kier molecular flexibility index (Phi) is 6.84. The van der Waals surface area contributed by atoms with Crippen LogP contribution in [0.2, 0.25) is 0 Å². The number of aryl methyl sites for hydroxylation is 1. The molecule has 1 heterocycles. The van der Waals surface area contributed by atoms with Crippen molar-refractivity contribution in [2.75, 3.05) is 13.2 Å². The van der Waals surface area contributed by atoms with E-state index in [4.69, 9.17) is 14.0 Å². The fraction of sp³-hybridized carbons (Fsp3) is 0.323. The first-order valence-electron chi connectivity index (χ1n) is 13.0. The highest BCUT2D eigenvalue weighted by Crippen LogP contribution is 2.44. The topological polar surface area (TPSA) is 77.0 Å². The van der Waals surface area contributed by atoms with Crippen LogP contribution in [0.25, 0.3) is 17.2 Å². The average molecular weight is 511 g/mol. The van der Waals surface area contributed by atoms with Gasteiger partial charge in [-0.05, 0) is 79.5 Å². The van der Waals surface area contributed by atoms with Crippen LogP contribution in [-0.4, -0.2) is 42.7 Å². The van der Waals surface area contributed by atoms with Crippen molar-refractivity contribution in [2.45, 2.75) is 51.7 Å². The second-order valence-electron chi connectivity index (χ2n) is 11.0. The number of ether oxygens (including phenoxy) is 1. The molecule has 2 N–H and O–H groups in total. The molecule has 0 atom stereocenters. The Morgan fingerprint density at radius 3 is 2.13 bits per heavy atom. The van der Waals surface area contributed by atoms with Crippen LogP contribution < -0.4 is 5.32 Å². The second kappa shape index (κ2) is 9.97. The van der Waals surface area contributed by atoms with Crippen LogP contribution in [0, 0.1) is 6.92 Å². The number of fused-ring (bicyclic) bond motifs is 3. The largest absolute Gasteiger partial charge is 0.508 e. The molecule has 6 nitrogen and oxygen atoms in total. The number of aromatic hydroxyl groups is 1. The number of nitrogens with one attached hydrogen (secondary N) is 1. The SMILES string of the molecule is Cc1ccc(C=C(CNC(=O)OCC2c3ccccc3-c3ccccc32)B2OC(C)(C)C(C)(C)O2)cc1O. The standard InChI is InChI=1S/C31H34BNO5/c1-20-14-15-21(17-28(20)34)16-22(32-37-30(2,3)31(4,5)38-32)18-33-29(35)36-19-27-25-12-8-6-10-23(25)24-11-7-9-13-26(24)27/h6-17,27,34H,18-19H2,1-5H3,(H,33,35). The molecule has 1 saturated heterocycles. The molecule has 1 aliphatic heterocycles. The molecule has 1 amide bonds. The lowest BCUT2D eigenvalue weighted by Gasteiger charge is -2.32. The third-order valence-electron chi connectivity index (χ3n) is 7.92. The number of hydrogen-bond donors (Lipinski definition) is 2. The highest BCUT2D eigenvalue weighted by Gasteiger charge is 2.52. The summed E-state index contributed by atoms with van der Waals surface area (Å²) in [5, 5.41) is 13.1. The molecule has 1 aliphatic carbocycles. The maximum atomic E-state index is 12.9. The zero-order valence-corrected chi connectivity index (χ0v) is 22.6. The molecule has 3 aromatic carbocycles. The highest BCUT2D eigenvalue weighted by atomic mass is 16.7. The first kappa shape index (κ1) is 26.1. The number of carbonyl (C=O) groups is 1. The number of amides is 1. The number of phenolic OH excluding ortho intramolecular Hbond substituents is 1. The summed E-state index contributed by atoms with van der Waals surface area (Å²) in [4.78, 5) is 12.9. The first-order valence-corrected chi connectivity index (χ1v) is 13.0. The van der Waals surface area contributed by atoms with Gasteiger partial charge in [-0.3, -0.25) is 0 Å². The van der Waals surface area contributed by atoms with E-state index < -0.39 is 24.4 Å². The molecule has 0 radical (unpaired) electrons. The lowest BCUT2D eigenvalue weighted by atomic mass is 9.77. The Balaban J connectivity index is 1.30. The second-order valence-corrected chi connectivity index (χ2v) is 11.0. The Bertz CT molecular complexity index is 1340. The van der Waals surface area contributed by atoms with Crippen molar-refractivity contribution < 1.29 is 23.9 Å². The van der Waals surface area contributed by atoms with E-state index in [1.165, 1.54) is 22.3 Å². The quantitative estimate of drug-likeness (QED) is 0.383. The van der Waals surface area contributed by atoms with E-state index in [1.54, 1.807) is 6.07 Å². The summed E-state index contributed by atoms with van der Waals surface area (Å²) < 4.78 is 18.2. The number of hydrogen-bond acceptors (Lipinski definition) is 5. The van der Waals surface area contributed by atoms with Crippen LogP contribution in [0.3, 0.4) is 0 Å². The van der Waals surface area contributed by atoms with Crippen LogP contribution in [0.1, 0.15) is 55.9 Å². The smallest absolute Gasteiger partial charge is 0.492 e. The molecule has 3 aromatic rings. The molecule has 0 aromatic heterocycles. The minimum atomic E-state index is -0.655. The van der Waals surface area contributed by atoms with Gasteiger partial charge in [0, 0.05) is 12.5 Å². The fourth-order valence-electron chi connectivity index (χ4n) is 4.95. The summed E-state index contributed by atoms with van der Waals surface area (Å²) in [6.07, 6.45) is 1.37. The van der Waals surface area contributed by atoms with E-state index in [0.717, 1.165) is 16.6 Å². The molecule has 0 saturated carbocycles. The van der Waals surface area contributed by atoms with Crippen LogP contribution >= 0.6 is 0 Å². The maximum absolute atomic E-state index is 12.9. The van der Waals surface area contributed by atoms with Gasteiger partial charge in [-0.1, -0.05) is 66.7 Å². The lowest BCUT2D eigenvalue weighted by molar-refractivity contribution is 0.00578. The molecule has 0 bridgehead atoms. The Morgan fingerprint density at radius 2 is 1.55 bits per heavy atom. The molecule has 5 rings (SSSR count). The Hall–Kier alpha value is -3.55. The number of carbonyl (C=O) groups excluding carboxylic acids is 1. The molecular formula is C31H34BNO5. The Morgan fingerprint density at radius 1 is 0.974 bits per heavy atom. The van der Waals surface area contributed by atoms with Crippen molar-refractivity contribution in [1.29, 1.82) is 0 Å². The minimum Gasteiger partial charge on any atom is -0.508 e. The van der Waals surface area contributed by atoms with Crippen molar-refractivity contribution in [3.05, 3.63) is 94.5 Å². The fourth-order valence-corrected chi connectivity index (χ4v) is 4.95. The van der Waals surface area contributed by atoms with E-state index in [0.29, 0.717) is 0 Å². The minimum absolute atomic E-state index is 0.0122. The van der Waals surface area contributed by atoms with Crippen LogP contribution in [0.15, 0.2) is 72.2 Å². The lowest BCUT2D eigenvalue weighted by Crippen LogP contribution is -2.41. The van der Waals surface area contributed by atoms with Gasteiger partial charge in [0.25, 0.3) is 0 Å². The molecule has 0 spiro atoms. The third kappa shape index (κ3) is 4.96. The Labute approximate surface area is 224 Å². The molecular weight excluding hydrogens is 477 g/mol. The summed E-state index contributed by atoms with van der Waals surface area (Å²) >= 11 is 0. The van der Waals surface area contributed by atoms with Gasteiger partial charge in [-0.2, -0.15) is 0 Å². The number of rotatable bonds is 6. The maximum Gasteiger partial charge on any atom is 0.492 e. The van der Waals surface area contributed by atoms with Gasteiger partial charge in [0.1, 0.15) is 12.4 Å². The van der Waals surface area contributed by atoms with Crippen molar-refractivity contribution in [1.82, 2.24) is 5.32 Å². The molecule has 38 heavy (non-hydrogen) atoms. The molecule has 196 valence electrons. The summed E-state index contributed by atoms with van der Waals surface area (Å²) in [5.74, 6) is 0.193.